The van der Waals surface area contributed by atoms with E-state index in [0.717, 1.165) is 60.3 Å². The number of fused-ring (bicyclic) bond motifs is 1. The third-order valence-corrected chi connectivity index (χ3v) is 15.5. The Balaban J connectivity index is 1.46. The highest BCUT2D eigenvalue weighted by molar-refractivity contribution is 8.04. The molecule has 43 heteroatoms. The van der Waals surface area contributed by atoms with E-state index in [9.17, 15) is 66.2 Å². The number of phenols is 1. The van der Waals surface area contributed by atoms with E-state index in [1.807, 2.05) is 6.11 Å². The van der Waals surface area contributed by atoms with Crippen LogP contribution in [0.2, 0.25) is 5.28 Å². The van der Waals surface area contributed by atoms with E-state index < -0.39 is 140 Å². The van der Waals surface area contributed by atoms with Crippen LogP contribution in [0, 0.1) is 11.4 Å². The van der Waals surface area contributed by atoms with E-state index in [2.05, 4.69) is 79.0 Å². The van der Waals surface area contributed by atoms with Crippen LogP contribution in [0.4, 0.5) is 51.4 Å². The molecule has 5 aromatic carbocycles. The van der Waals surface area contributed by atoms with Crippen LogP contribution in [0.25, 0.3) is 10.8 Å². The van der Waals surface area contributed by atoms with Crippen LogP contribution in [0.5, 0.6) is 5.75 Å². The van der Waals surface area contributed by atoms with Gasteiger partial charge in [0.1, 0.15) is 32.5 Å². The lowest BCUT2D eigenvalue weighted by Crippen LogP contribution is -2.15. The van der Waals surface area contributed by atoms with Crippen LogP contribution in [-0.2, 0) is 78.4 Å². The molecule has 0 amide bonds. The summed E-state index contributed by atoms with van der Waals surface area (Å²) in [6.07, 6.45) is 1.86. The van der Waals surface area contributed by atoms with Gasteiger partial charge in [-0.2, -0.15) is 58.9 Å². The smallest absolute Gasteiger partial charge is 0.433 e. The number of carboxylic acid groups (broad SMARTS) is 1. The number of halogens is 1. The molecule has 0 fully saturated rings. The Labute approximate surface area is 466 Å². The van der Waals surface area contributed by atoms with Crippen molar-refractivity contribution in [1.29, 1.82) is 0 Å². The molecule has 0 saturated carbocycles. The van der Waals surface area contributed by atoms with Gasteiger partial charge in [0.15, 0.2) is 26.8 Å². The molecule has 34 nitrogen and oxygen atoms in total. The number of aromatic nitrogens is 3. The molecule has 10 N–H and O–H groups in total. The molecule has 0 radical (unpaired) electrons. The summed E-state index contributed by atoms with van der Waals surface area (Å²) in [5.74, 6) is -4.09. The molecule has 6 rings (SSSR count). The molecule has 1 heterocycles. The molecule has 80 heavy (non-hydrogen) atoms. The molecule has 0 aliphatic carbocycles. The second-order valence-electron chi connectivity index (χ2n) is 14.4. The van der Waals surface area contributed by atoms with Crippen molar-refractivity contribution < 1.29 is 103 Å². The normalized spacial score (nSPS) is 12.6. The van der Waals surface area contributed by atoms with E-state index in [-0.39, 0.29) is 44.5 Å². The average Bonchev–Trinajstić information content (AvgIpc) is 3.36. The maximum Gasteiger partial charge on any atom is 0.433 e. The van der Waals surface area contributed by atoms with Crippen LogP contribution < -0.4 is 11.1 Å². The minimum absolute atomic E-state index is 0.0912. The van der Waals surface area contributed by atoms with E-state index in [1.54, 1.807) is 0 Å². The number of phenolic OH excluding ortho intramolecular Hbond substituents is 1. The van der Waals surface area contributed by atoms with E-state index >= 15 is 0 Å². The van der Waals surface area contributed by atoms with Gasteiger partial charge in [0.25, 0.3) is 20.2 Å². The van der Waals surface area contributed by atoms with Crippen molar-refractivity contribution in [1.82, 2.24) is 15.0 Å². The summed E-state index contributed by atoms with van der Waals surface area (Å²) in [5.41, 5.74) is 2.54. The Bertz CT molecular complexity index is 4140. The Morgan fingerprint density at radius 3 is 1.99 bits per heavy atom. The van der Waals surface area contributed by atoms with Crippen LogP contribution in [0.15, 0.2) is 133 Å². The Morgan fingerprint density at radius 1 is 0.750 bits per heavy atom. The average molecular weight is 1290 g/mol. The predicted octanol–water partition coefficient (Wildman–Crippen LogP) is 7.41. The lowest BCUT2D eigenvalue weighted by Gasteiger charge is -2.14. The second-order valence-corrected chi connectivity index (χ2v) is 24.3. The summed E-state index contributed by atoms with van der Waals surface area (Å²) >= 11 is 7.62. The standard InChI is InChI=1S/C37H28ClN11O23S8/c38-35-41-36(43-37(42-35)74-17-29(50)51)40-23-15-25(27(77(56,57)58)16-24(23)46-44-19-1-5-21(6-2-19)73-11-9-68-72-80(65,66)67)47-48-32-26(75-71-70-53)13-18-14-28(78(59,60)61)33(31(39)30(18)34(32)52)49-45-20-3-7-22(8-4-20)76(54,55)12-10-69-79(62,63)64/h1-8,13-16,52-53H,10,12,17,39H2,(H,50,51)(H,56,57,58)(H,59,60,61)(H,62,63,64)(H,65,66,67)(H,40,41,42,43). The molecule has 0 saturated heterocycles. The van der Waals surface area contributed by atoms with Crippen molar-refractivity contribution in [2.75, 3.05) is 29.2 Å². The fourth-order valence-corrected chi connectivity index (χ4v) is 10.5. The topological polar surface area (TPSA) is 526 Å². The highest BCUT2D eigenvalue weighted by atomic mass is 35.5. The minimum Gasteiger partial charge on any atom is -0.505 e. The first-order valence-electron chi connectivity index (χ1n) is 20.1. The van der Waals surface area contributed by atoms with Gasteiger partial charge in [-0.1, -0.05) is 16.8 Å². The molecule has 0 aliphatic rings. The first-order chi connectivity index (χ1) is 37.4. The first-order valence-corrected chi connectivity index (χ1v) is 30.3. The molecule has 6 aromatic rings. The third kappa shape index (κ3) is 17.8. The van der Waals surface area contributed by atoms with E-state index in [1.165, 1.54) is 24.3 Å². The van der Waals surface area contributed by atoms with Gasteiger partial charge in [0, 0.05) is 10.1 Å². The number of nitrogen functional groups attached to an aromatic ring is 1. The van der Waals surface area contributed by atoms with Crippen LogP contribution in [-0.4, -0.2) is 115 Å². The van der Waals surface area contributed by atoms with Gasteiger partial charge in [-0.15, -0.1) is 24.8 Å². The highest BCUT2D eigenvalue weighted by Crippen LogP contribution is 2.50. The zero-order chi connectivity index (χ0) is 58.8. The number of hydrogen-bond acceptors (Lipinski definition) is 32. The maximum atomic E-state index is 13.0. The number of thioether (sulfide) groups is 2. The van der Waals surface area contributed by atoms with Crippen LogP contribution in [0.1, 0.15) is 0 Å². The zero-order valence-electron chi connectivity index (χ0n) is 38.5. The van der Waals surface area contributed by atoms with Crippen molar-refractivity contribution in [3.63, 3.8) is 0 Å². The van der Waals surface area contributed by atoms with Gasteiger partial charge in [-0.3, -0.25) is 27.9 Å². The first kappa shape index (κ1) is 62.3. The molecule has 0 spiro atoms. The Hall–Kier alpha value is -6.87. The second kappa shape index (κ2) is 26.2. The number of rotatable bonds is 24. The van der Waals surface area contributed by atoms with Crippen molar-refractivity contribution in [2.24, 2.45) is 30.7 Å². The number of carbonyl (C=O) groups is 1. The van der Waals surface area contributed by atoms with Gasteiger partial charge in [-0.05, 0) is 106 Å². The van der Waals surface area contributed by atoms with Crippen molar-refractivity contribution in [3.05, 3.63) is 78.1 Å². The number of aromatic hydroxyl groups is 1. The molecule has 0 aliphatic heterocycles. The Kier molecular flexibility index (Phi) is 20.4. The summed E-state index contributed by atoms with van der Waals surface area (Å²) in [4.78, 5) is 24.8. The van der Waals surface area contributed by atoms with Gasteiger partial charge >= 0.3 is 26.8 Å². The van der Waals surface area contributed by atoms with Crippen molar-refractivity contribution in [2.45, 2.75) is 29.6 Å². The number of carboxylic acids is 1. The third-order valence-electron chi connectivity index (χ3n) is 9.05. The van der Waals surface area contributed by atoms with Crippen LogP contribution in [0.3, 0.4) is 0 Å². The van der Waals surface area contributed by atoms with Crippen molar-refractivity contribution in [3.8, 4) is 17.1 Å². The SMILES string of the molecule is Nc1c(N=Nc2ccc(S(=O)(=O)CCOS(=O)(=O)O)cc2)c(S(=O)(=O)O)cc2cc(SOOO)c(N=Nc3cc(Nc4nc(Cl)nc(SCC(=O)O)n4)c(N=Nc4ccc(SC#COOS(=O)(=O)O)cc4)cc3S(=O)(=O)O)c(O)c12. The minimum atomic E-state index is -5.36. The number of benzene rings is 5. The predicted molar refractivity (Wildman–Crippen MR) is 276 cm³/mol. The largest absolute Gasteiger partial charge is 0.505 e. The molecular formula is C37H28ClN11O23S8. The highest BCUT2D eigenvalue weighted by Gasteiger charge is 2.27. The van der Waals surface area contributed by atoms with E-state index in [4.69, 9.17) is 31.7 Å². The number of azo groups is 3. The molecule has 0 bridgehead atoms. The molecule has 0 atom stereocenters. The number of hydrogen-bond donors (Lipinski definition) is 9. The monoisotopic (exact) mass is 1280 g/mol. The van der Waals surface area contributed by atoms with E-state index in [0.29, 0.717) is 16.7 Å². The number of sulfone groups is 1. The van der Waals surface area contributed by atoms with Gasteiger partial charge in [0.2, 0.25) is 11.2 Å². The van der Waals surface area contributed by atoms with Crippen LogP contribution >= 0.6 is 47.2 Å². The Morgan fingerprint density at radius 2 is 1.38 bits per heavy atom. The van der Waals surface area contributed by atoms with Gasteiger partial charge in [0.05, 0.1) is 68.1 Å². The quantitative estimate of drug-likeness (QED) is 0.00416. The molecule has 0 unspecified atom stereocenters. The summed E-state index contributed by atoms with van der Waals surface area (Å²) in [5, 5.41) is 60.9. The fraction of sp³-hybridized carbons (Fsp3) is 0.0811. The van der Waals surface area contributed by atoms with Gasteiger partial charge in [-0.25, -0.2) is 17.9 Å². The summed E-state index contributed by atoms with van der Waals surface area (Å²) in [7, 11) is -24.7. The lowest BCUT2D eigenvalue weighted by atomic mass is 10.1. The number of nitrogens with one attached hydrogen (secondary N) is 1. The zero-order valence-corrected chi connectivity index (χ0v) is 45.7. The summed E-state index contributed by atoms with van der Waals surface area (Å²) in [6.45, 7) is -0.937. The fourth-order valence-electron chi connectivity index (χ4n) is 5.90. The number of aliphatic carboxylic acids is 1. The van der Waals surface area contributed by atoms with Crippen molar-refractivity contribution >= 4 is 166 Å². The number of anilines is 3. The number of nitrogens with two attached hydrogens (primary N) is 1. The summed E-state index contributed by atoms with van der Waals surface area (Å²) < 4.78 is 170. The summed E-state index contributed by atoms with van der Waals surface area (Å²) in [6, 6.07) is 13.2. The number of nitrogens with zero attached hydrogens (tertiary/aromatic N) is 9. The molecule has 424 valence electrons. The molecule has 1 aromatic heterocycles. The van der Waals surface area contributed by atoms with Gasteiger partial charge < -0.3 is 21.3 Å². The maximum absolute atomic E-state index is 13.0. The molecular weight excluding hydrogens is 1260 g/mol. The lowest BCUT2D eigenvalue weighted by molar-refractivity contribution is -0.432.